The molecule has 0 N–H and O–H groups in total. The summed E-state index contributed by atoms with van der Waals surface area (Å²) in [6, 6.07) is 16.9. The average Bonchev–Trinajstić information content (AvgIpc) is 2.78. The van der Waals surface area contributed by atoms with E-state index in [0.29, 0.717) is 26.9 Å². The summed E-state index contributed by atoms with van der Waals surface area (Å²) in [6.07, 6.45) is 0. The predicted octanol–water partition coefficient (Wildman–Crippen LogP) is 5.58. The molecule has 0 saturated heterocycles. The van der Waals surface area contributed by atoms with E-state index in [1.165, 1.54) is 30.3 Å². The molecule has 0 bridgehead atoms. The van der Waals surface area contributed by atoms with Crippen LogP contribution in [0.25, 0.3) is 33.1 Å². The molecule has 8 heteroatoms. The van der Waals surface area contributed by atoms with Gasteiger partial charge in [-0.3, -0.25) is 0 Å². The Morgan fingerprint density at radius 3 is 2.39 bits per heavy atom. The molecule has 5 aromatic rings. The molecular weight excluding hydrogens is 451 g/mol. The lowest BCUT2D eigenvalue weighted by Crippen LogP contribution is -2.09. The van der Waals surface area contributed by atoms with Gasteiger partial charge in [-0.25, -0.2) is 18.8 Å². The van der Waals surface area contributed by atoms with E-state index < -0.39 is 23.0 Å². The number of rotatable bonds is 3. The first kappa shape index (κ1) is 20.7. The molecule has 0 saturated carbocycles. The van der Waals surface area contributed by atoms with Crippen molar-refractivity contribution < 1.29 is 22.8 Å². The number of halogens is 2. The second-order valence-electron chi connectivity index (χ2n) is 7.16. The van der Waals surface area contributed by atoms with Crippen molar-refractivity contribution in [3.63, 3.8) is 0 Å². The van der Waals surface area contributed by atoms with Crippen LogP contribution in [0.2, 0.25) is 5.02 Å². The number of esters is 1. The first-order chi connectivity index (χ1) is 15.9. The molecule has 6 nitrogen and oxygen atoms in total. The molecule has 2 aromatic heterocycles. The number of hydrogen-bond donors (Lipinski definition) is 0. The Morgan fingerprint density at radius 2 is 1.61 bits per heavy atom. The number of fused-ring (bicyclic) bond motifs is 2. The van der Waals surface area contributed by atoms with Crippen LogP contribution in [-0.4, -0.2) is 5.97 Å². The van der Waals surface area contributed by atoms with Gasteiger partial charge in [0.05, 0.1) is 11.1 Å². The quantitative estimate of drug-likeness (QED) is 0.198. The van der Waals surface area contributed by atoms with Crippen LogP contribution < -0.4 is 16.0 Å². The Balaban J connectivity index is 1.59. The highest BCUT2D eigenvalue weighted by Gasteiger charge is 2.16. The lowest BCUT2D eigenvalue weighted by Gasteiger charge is -2.08. The molecule has 0 aliphatic carbocycles. The molecule has 0 atom stereocenters. The third-order valence-electron chi connectivity index (χ3n) is 4.99. The fourth-order valence-electron chi connectivity index (χ4n) is 3.46. The van der Waals surface area contributed by atoms with Crippen molar-refractivity contribution in [3.8, 4) is 16.9 Å². The molecule has 0 unspecified atom stereocenters. The zero-order valence-corrected chi connectivity index (χ0v) is 17.4. The lowest BCUT2D eigenvalue weighted by molar-refractivity contribution is 0.0735. The van der Waals surface area contributed by atoms with E-state index >= 15 is 0 Å². The molecule has 0 radical (unpaired) electrons. The Labute approximate surface area is 189 Å². The van der Waals surface area contributed by atoms with Gasteiger partial charge >= 0.3 is 17.2 Å². The molecule has 162 valence electrons. The minimum atomic E-state index is -0.708. The predicted molar refractivity (Wildman–Crippen MR) is 120 cm³/mol. The smallest absolute Gasteiger partial charge is 0.344 e. The normalized spacial score (nSPS) is 11.1. The van der Waals surface area contributed by atoms with Gasteiger partial charge in [0.15, 0.2) is 0 Å². The summed E-state index contributed by atoms with van der Waals surface area (Å²) >= 11 is 6.04. The number of ether oxygens (including phenoxy) is 1. The van der Waals surface area contributed by atoms with Crippen LogP contribution in [0, 0.1) is 5.82 Å². The molecule has 0 fully saturated rings. The standard InChI is InChI=1S/C25H12ClFO6/c26-15-3-8-21-14(9-15)10-20(25(30)33-21)19-12-23(28)32-22-11-17(6-7-18(19)22)31-24(29)13-1-4-16(27)5-2-13/h1-12H. The van der Waals surface area contributed by atoms with Gasteiger partial charge in [-0.2, -0.15) is 0 Å². The van der Waals surface area contributed by atoms with E-state index in [2.05, 4.69) is 0 Å². The monoisotopic (exact) mass is 462 g/mol. The van der Waals surface area contributed by atoms with E-state index in [1.807, 2.05) is 0 Å². The summed E-state index contributed by atoms with van der Waals surface area (Å²) in [4.78, 5) is 37.2. The molecule has 3 aromatic carbocycles. The van der Waals surface area contributed by atoms with Crippen molar-refractivity contribution in [2.45, 2.75) is 0 Å². The van der Waals surface area contributed by atoms with Gasteiger partial charge in [0.25, 0.3) is 0 Å². The Bertz CT molecular complexity index is 1670. The third kappa shape index (κ3) is 4.02. The Hall–Kier alpha value is -4.23. The number of carbonyl (C=O) groups is 1. The summed E-state index contributed by atoms with van der Waals surface area (Å²) in [6.45, 7) is 0. The maximum atomic E-state index is 13.1. The Kier molecular flexibility index (Phi) is 5.03. The first-order valence-electron chi connectivity index (χ1n) is 9.67. The van der Waals surface area contributed by atoms with Gasteiger partial charge in [-0.1, -0.05) is 11.6 Å². The summed E-state index contributed by atoms with van der Waals surface area (Å²) < 4.78 is 29.0. The molecule has 5 rings (SSSR count). The van der Waals surface area contributed by atoms with Gasteiger partial charge in [0, 0.05) is 33.5 Å². The van der Waals surface area contributed by atoms with E-state index in [0.717, 1.165) is 12.1 Å². The van der Waals surface area contributed by atoms with E-state index in [9.17, 15) is 18.8 Å². The van der Waals surface area contributed by atoms with Crippen molar-refractivity contribution in [2.24, 2.45) is 0 Å². The zero-order valence-electron chi connectivity index (χ0n) is 16.6. The molecule has 33 heavy (non-hydrogen) atoms. The van der Waals surface area contributed by atoms with Crippen LogP contribution in [-0.2, 0) is 0 Å². The summed E-state index contributed by atoms with van der Waals surface area (Å²) in [5.74, 6) is -1.08. The van der Waals surface area contributed by atoms with Gasteiger partial charge in [0.1, 0.15) is 22.7 Å². The van der Waals surface area contributed by atoms with Crippen LogP contribution in [0.3, 0.4) is 0 Å². The molecule has 2 heterocycles. The zero-order chi connectivity index (χ0) is 23.1. The number of hydrogen-bond acceptors (Lipinski definition) is 6. The van der Waals surface area contributed by atoms with Gasteiger partial charge < -0.3 is 13.6 Å². The van der Waals surface area contributed by atoms with Crippen molar-refractivity contribution in [2.75, 3.05) is 0 Å². The number of carbonyl (C=O) groups excluding carboxylic acids is 1. The van der Waals surface area contributed by atoms with Crippen molar-refractivity contribution in [3.05, 3.63) is 110 Å². The average molecular weight is 463 g/mol. The van der Waals surface area contributed by atoms with Crippen LogP contribution >= 0.6 is 11.6 Å². The molecule has 0 amide bonds. The highest BCUT2D eigenvalue weighted by Crippen LogP contribution is 2.30. The summed E-state index contributed by atoms with van der Waals surface area (Å²) in [5.41, 5.74) is -0.275. The molecular formula is C25H12ClFO6. The van der Waals surface area contributed by atoms with Gasteiger partial charge in [-0.05, 0) is 60.7 Å². The minimum Gasteiger partial charge on any atom is -0.423 e. The first-order valence-corrected chi connectivity index (χ1v) is 10.0. The largest absolute Gasteiger partial charge is 0.423 e. The molecule has 0 spiro atoms. The van der Waals surface area contributed by atoms with E-state index in [4.69, 9.17) is 25.2 Å². The fourth-order valence-corrected chi connectivity index (χ4v) is 3.64. The Morgan fingerprint density at radius 1 is 0.818 bits per heavy atom. The SMILES string of the molecule is O=C(Oc1ccc2c(-c3cc4cc(Cl)ccc4oc3=O)cc(=O)oc2c1)c1ccc(F)cc1. The van der Waals surface area contributed by atoms with Crippen LogP contribution in [0.5, 0.6) is 5.75 Å². The van der Waals surface area contributed by atoms with Crippen LogP contribution in [0.15, 0.2) is 91.2 Å². The van der Waals surface area contributed by atoms with Gasteiger partial charge in [0.2, 0.25) is 0 Å². The minimum absolute atomic E-state index is 0.104. The van der Waals surface area contributed by atoms with E-state index in [-0.39, 0.29) is 22.5 Å². The van der Waals surface area contributed by atoms with Crippen molar-refractivity contribution in [1.82, 2.24) is 0 Å². The third-order valence-corrected chi connectivity index (χ3v) is 5.23. The van der Waals surface area contributed by atoms with E-state index in [1.54, 1.807) is 30.3 Å². The highest BCUT2D eigenvalue weighted by atomic mass is 35.5. The maximum absolute atomic E-state index is 13.1. The molecule has 0 aliphatic rings. The fraction of sp³-hybridized carbons (Fsp3) is 0. The summed E-state index contributed by atoms with van der Waals surface area (Å²) in [7, 11) is 0. The summed E-state index contributed by atoms with van der Waals surface area (Å²) in [5, 5.41) is 1.49. The second kappa shape index (κ2) is 8.03. The van der Waals surface area contributed by atoms with Crippen LogP contribution in [0.1, 0.15) is 10.4 Å². The van der Waals surface area contributed by atoms with Crippen molar-refractivity contribution in [1.29, 1.82) is 0 Å². The number of benzene rings is 3. The lowest BCUT2D eigenvalue weighted by atomic mass is 10.0. The molecule has 0 aliphatic heterocycles. The maximum Gasteiger partial charge on any atom is 0.344 e. The highest BCUT2D eigenvalue weighted by molar-refractivity contribution is 6.31. The second-order valence-corrected chi connectivity index (χ2v) is 7.60. The van der Waals surface area contributed by atoms with Crippen molar-refractivity contribution >= 4 is 39.5 Å². The topological polar surface area (TPSA) is 86.7 Å². The van der Waals surface area contributed by atoms with Gasteiger partial charge in [-0.15, -0.1) is 0 Å². The van der Waals surface area contributed by atoms with Crippen LogP contribution in [0.4, 0.5) is 4.39 Å².